The minimum absolute atomic E-state index is 0.111. The lowest BCUT2D eigenvalue weighted by molar-refractivity contribution is -0.0749. The van der Waals surface area contributed by atoms with Crippen LogP contribution in [0.2, 0.25) is 0 Å². The van der Waals surface area contributed by atoms with Crippen molar-refractivity contribution >= 4 is 6.08 Å². The van der Waals surface area contributed by atoms with Gasteiger partial charge in [0.05, 0.1) is 20.8 Å². The zero-order chi connectivity index (χ0) is 21.6. The van der Waals surface area contributed by atoms with Gasteiger partial charge in [0.1, 0.15) is 23.2 Å². The van der Waals surface area contributed by atoms with Crippen LogP contribution in [0.3, 0.4) is 0 Å². The number of rotatable bonds is 9. The van der Waals surface area contributed by atoms with E-state index in [4.69, 9.17) is 14.2 Å². The Labute approximate surface area is 175 Å². The highest BCUT2D eigenvalue weighted by Gasteiger charge is 2.28. The monoisotopic (exact) mass is 406 g/mol. The smallest absolute Gasteiger partial charge is 0.129 e. The minimum atomic E-state index is -1.42. The molecule has 0 radical (unpaired) electrons. The highest BCUT2D eigenvalue weighted by molar-refractivity contribution is 5.69. The standard InChI is InChI=1S/C24H38O5/c1-16-17(2)23(28-6)20(18(3)22(16)27-5)12-13-24(4,26)21(25)15-29-14-19-10-8-7-9-11-19/h12-13,19,21,25-26H,7-11,14-15H2,1-6H3/b13-12-/t21-,24-/m0/s1. The molecular formula is C24H38O5. The van der Waals surface area contributed by atoms with Crippen LogP contribution in [0.4, 0.5) is 0 Å². The lowest BCUT2D eigenvalue weighted by Gasteiger charge is -2.27. The van der Waals surface area contributed by atoms with Crippen molar-refractivity contribution < 1.29 is 24.4 Å². The molecule has 1 aromatic carbocycles. The lowest BCUT2D eigenvalue weighted by Crippen LogP contribution is -2.40. The summed E-state index contributed by atoms with van der Waals surface area (Å²) < 4.78 is 16.9. The molecule has 0 aliphatic heterocycles. The Morgan fingerprint density at radius 2 is 1.59 bits per heavy atom. The summed E-state index contributed by atoms with van der Waals surface area (Å²) in [5.74, 6) is 2.13. The molecule has 1 fully saturated rings. The third-order valence-electron chi connectivity index (χ3n) is 6.26. The summed E-state index contributed by atoms with van der Waals surface area (Å²) in [6.07, 6.45) is 8.62. The van der Waals surface area contributed by atoms with E-state index < -0.39 is 11.7 Å². The van der Waals surface area contributed by atoms with E-state index in [1.165, 1.54) is 32.1 Å². The molecule has 0 amide bonds. The summed E-state index contributed by atoms with van der Waals surface area (Å²) in [5, 5.41) is 21.3. The van der Waals surface area contributed by atoms with Crippen LogP contribution in [0.15, 0.2) is 6.08 Å². The normalized spacial score (nSPS) is 18.6. The Morgan fingerprint density at radius 1 is 1.00 bits per heavy atom. The molecule has 2 atom stereocenters. The minimum Gasteiger partial charge on any atom is -0.496 e. The molecule has 29 heavy (non-hydrogen) atoms. The highest BCUT2D eigenvalue weighted by Crippen LogP contribution is 2.38. The van der Waals surface area contributed by atoms with E-state index in [1.54, 1.807) is 33.3 Å². The van der Waals surface area contributed by atoms with Crippen LogP contribution in [0, 0.1) is 26.7 Å². The first-order valence-corrected chi connectivity index (χ1v) is 10.6. The first-order valence-electron chi connectivity index (χ1n) is 10.6. The van der Waals surface area contributed by atoms with Gasteiger partial charge in [-0.1, -0.05) is 25.3 Å². The summed E-state index contributed by atoms with van der Waals surface area (Å²) in [7, 11) is 3.29. The van der Waals surface area contributed by atoms with E-state index in [-0.39, 0.29) is 6.61 Å². The van der Waals surface area contributed by atoms with Crippen LogP contribution < -0.4 is 9.47 Å². The Morgan fingerprint density at radius 3 is 2.17 bits per heavy atom. The highest BCUT2D eigenvalue weighted by atomic mass is 16.5. The van der Waals surface area contributed by atoms with Gasteiger partial charge in [0.2, 0.25) is 0 Å². The second-order valence-electron chi connectivity index (χ2n) is 8.47. The van der Waals surface area contributed by atoms with Gasteiger partial charge in [-0.25, -0.2) is 0 Å². The van der Waals surface area contributed by atoms with Crippen LogP contribution in [-0.4, -0.2) is 49.4 Å². The summed E-state index contributed by atoms with van der Waals surface area (Å²) in [5.41, 5.74) is 2.37. The largest absolute Gasteiger partial charge is 0.496 e. The summed E-state index contributed by atoms with van der Waals surface area (Å²) in [6, 6.07) is 0. The molecule has 0 saturated heterocycles. The molecule has 1 aromatic rings. The van der Waals surface area contributed by atoms with E-state index in [0.29, 0.717) is 12.5 Å². The average molecular weight is 407 g/mol. The van der Waals surface area contributed by atoms with Crippen molar-refractivity contribution in [1.82, 2.24) is 0 Å². The van der Waals surface area contributed by atoms with Crippen molar-refractivity contribution in [3.63, 3.8) is 0 Å². The fraction of sp³-hybridized carbons (Fsp3) is 0.667. The molecule has 0 unspecified atom stereocenters. The maximum atomic E-state index is 10.8. The summed E-state index contributed by atoms with van der Waals surface area (Å²) >= 11 is 0. The Hall–Kier alpha value is -1.56. The van der Waals surface area contributed by atoms with Gasteiger partial charge < -0.3 is 24.4 Å². The molecule has 164 valence electrons. The molecule has 0 bridgehead atoms. The zero-order valence-electron chi connectivity index (χ0n) is 18.9. The van der Waals surface area contributed by atoms with Crippen molar-refractivity contribution in [1.29, 1.82) is 0 Å². The van der Waals surface area contributed by atoms with E-state index in [0.717, 1.165) is 33.8 Å². The van der Waals surface area contributed by atoms with Gasteiger partial charge in [0, 0.05) is 17.7 Å². The molecule has 2 N–H and O–H groups in total. The van der Waals surface area contributed by atoms with Crippen molar-refractivity contribution in [2.45, 2.75) is 71.5 Å². The fourth-order valence-corrected chi connectivity index (χ4v) is 4.12. The molecule has 1 aliphatic rings. The number of ether oxygens (including phenoxy) is 3. The van der Waals surface area contributed by atoms with Crippen LogP contribution >= 0.6 is 0 Å². The first kappa shape index (κ1) is 23.7. The number of hydrogen-bond donors (Lipinski definition) is 2. The number of aliphatic hydroxyl groups is 2. The van der Waals surface area contributed by atoms with Crippen LogP contribution in [-0.2, 0) is 4.74 Å². The Bertz CT molecular complexity index is 702. The van der Waals surface area contributed by atoms with E-state index in [1.807, 2.05) is 20.8 Å². The molecule has 1 saturated carbocycles. The summed E-state index contributed by atoms with van der Waals surface area (Å²) in [6.45, 7) is 8.31. The second-order valence-corrected chi connectivity index (χ2v) is 8.47. The third-order valence-corrected chi connectivity index (χ3v) is 6.26. The van der Waals surface area contributed by atoms with Crippen LogP contribution in [0.1, 0.15) is 61.3 Å². The maximum absolute atomic E-state index is 10.8. The van der Waals surface area contributed by atoms with Gasteiger partial charge >= 0.3 is 0 Å². The maximum Gasteiger partial charge on any atom is 0.129 e. The van der Waals surface area contributed by atoms with Crippen molar-refractivity contribution in [3.05, 3.63) is 28.3 Å². The van der Waals surface area contributed by atoms with Gasteiger partial charge in [-0.3, -0.25) is 0 Å². The molecule has 1 aliphatic carbocycles. The predicted octanol–water partition coefficient (Wildman–Crippen LogP) is 4.35. The lowest BCUT2D eigenvalue weighted by atomic mass is 9.90. The Balaban J connectivity index is 2.11. The molecule has 5 nitrogen and oxygen atoms in total. The molecule has 2 rings (SSSR count). The molecule has 0 spiro atoms. The number of aliphatic hydroxyl groups excluding tert-OH is 1. The first-order chi connectivity index (χ1) is 13.7. The second kappa shape index (κ2) is 10.5. The Kier molecular flexibility index (Phi) is 8.56. The average Bonchev–Trinajstić information content (AvgIpc) is 2.70. The van der Waals surface area contributed by atoms with E-state index in [9.17, 15) is 10.2 Å². The topological polar surface area (TPSA) is 68.2 Å². The SMILES string of the molecule is COc1c(C)c(C)c(OC)c(/C=C\[C@](C)(O)[C@@H](O)COCC2CCCCC2)c1C. The van der Waals surface area contributed by atoms with Crippen molar-refractivity contribution in [2.24, 2.45) is 5.92 Å². The molecule has 0 aromatic heterocycles. The van der Waals surface area contributed by atoms with E-state index in [2.05, 4.69) is 0 Å². The zero-order valence-corrected chi connectivity index (χ0v) is 18.9. The molecular weight excluding hydrogens is 368 g/mol. The van der Waals surface area contributed by atoms with Crippen LogP contribution in [0.25, 0.3) is 6.08 Å². The summed E-state index contributed by atoms with van der Waals surface area (Å²) in [4.78, 5) is 0. The third kappa shape index (κ3) is 5.74. The molecule has 0 heterocycles. The van der Waals surface area contributed by atoms with E-state index >= 15 is 0 Å². The van der Waals surface area contributed by atoms with Crippen molar-refractivity contribution in [2.75, 3.05) is 27.4 Å². The molecule has 5 heteroatoms. The fourth-order valence-electron chi connectivity index (χ4n) is 4.12. The predicted molar refractivity (Wildman–Crippen MR) is 117 cm³/mol. The van der Waals surface area contributed by atoms with Gasteiger partial charge in [-0.2, -0.15) is 0 Å². The van der Waals surface area contributed by atoms with Crippen molar-refractivity contribution in [3.8, 4) is 11.5 Å². The van der Waals surface area contributed by atoms with Gasteiger partial charge in [-0.15, -0.1) is 0 Å². The number of benzene rings is 1. The van der Waals surface area contributed by atoms with Gasteiger partial charge in [0.15, 0.2) is 0 Å². The number of methoxy groups -OCH3 is 2. The van der Waals surface area contributed by atoms with Gasteiger partial charge in [-0.05, 0) is 63.7 Å². The van der Waals surface area contributed by atoms with Gasteiger partial charge in [0.25, 0.3) is 0 Å². The van der Waals surface area contributed by atoms with Crippen LogP contribution in [0.5, 0.6) is 11.5 Å². The quantitative estimate of drug-likeness (QED) is 0.638. The number of hydrogen-bond acceptors (Lipinski definition) is 5.